The first-order chi connectivity index (χ1) is 5.40. The molecule has 0 saturated carbocycles. The first-order valence-electron chi connectivity index (χ1n) is 3.40. The second-order valence-electron chi connectivity index (χ2n) is 2.63. The van der Waals surface area contributed by atoms with Crippen molar-refractivity contribution in [2.24, 2.45) is 0 Å². The number of likely N-dealkylation sites (tertiary alicyclic amines) is 1. The molecule has 0 aromatic rings. The van der Waals surface area contributed by atoms with Crippen molar-refractivity contribution < 1.29 is 18.0 Å². The van der Waals surface area contributed by atoms with Gasteiger partial charge in [-0.3, -0.25) is 4.79 Å². The number of amides is 1. The Balaban J connectivity index is 2.50. The first-order valence-corrected chi connectivity index (χ1v) is 4.31. The Morgan fingerprint density at radius 3 is 2.50 bits per heavy atom. The molecule has 0 spiro atoms. The van der Waals surface area contributed by atoms with E-state index in [4.69, 9.17) is 0 Å². The second-order valence-corrected chi connectivity index (χ2v) is 3.74. The normalized spacial score (nSPS) is 25.2. The molecule has 0 unspecified atom stereocenters. The van der Waals surface area contributed by atoms with Crippen molar-refractivity contribution in [3.63, 3.8) is 0 Å². The van der Waals surface area contributed by atoms with Crippen LogP contribution in [0.3, 0.4) is 0 Å². The fourth-order valence-electron chi connectivity index (χ4n) is 1.07. The Hall–Kier alpha value is -0.260. The Bertz CT molecular complexity index is 194. The summed E-state index contributed by atoms with van der Waals surface area (Å²) in [4.78, 5) is 11.4. The molecule has 1 saturated heterocycles. The average Bonchev–Trinajstić information content (AvgIpc) is 2.16. The van der Waals surface area contributed by atoms with Gasteiger partial charge in [0.15, 0.2) is 0 Å². The van der Waals surface area contributed by atoms with E-state index in [0.29, 0.717) is 6.42 Å². The number of nitrogens with zero attached hydrogens (tertiary/aromatic N) is 1. The van der Waals surface area contributed by atoms with Crippen LogP contribution in [0.1, 0.15) is 6.42 Å². The van der Waals surface area contributed by atoms with E-state index in [-0.39, 0.29) is 6.54 Å². The van der Waals surface area contributed by atoms with Crippen LogP contribution in [0.4, 0.5) is 13.2 Å². The molecule has 1 aliphatic heterocycles. The lowest BCUT2D eigenvalue weighted by Crippen LogP contribution is -2.36. The summed E-state index contributed by atoms with van der Waals surface area (Å²) in [6, 6.07) is 0. The van der Waals surface area contributed by atoms with Gasteiger partial charge in [-0.05, 0) is 6.42 Å². The molecule has 1 fully saturated rings. The number of hydrogen-bond donors (Lipinski definition) is 0. The maximum atomic E-state index is 11.8. The third kappa shape index (κ3) is 2.36. The van der Waals surface area contributed by atoms with E-state index < -0.39 is 23.5 Å². The summed E-state index contributed by atoms with van der Waals surface area (Å²) in [5.74, 6) is -0.465. The summed E-state index contributed by atoms with van der Waals surface area (Å²) in [5.41, 5.74) is 0. The SMILES string of the molecule is O=C1[C@@H](Br)CCN1CC(F)(F)F. The molecule has 1 atom stereocenters. The van der Waals surface area contributed by atoms with E-state index in [2.05, 4.69) is 15.9 Å². The van der Waals surface area contributed by atoms with E-state index in [9.17, 15) is 18.0 Å². The number of alkyl halides is 4. The lowest BCUT2D eigenvalue weighted by atomic mass is 10.4. The standard InChI is InChI=1S/C6H7BrF3NO/c7-4-1-2-11(5(4)12)3-6(8,9)10/h4H,1-3H2/t4-/m0/s1. The van der Waals surface area contributed by atoms with E-state index in [1.165, 1.54) is 0 Å². The first kappa shape index (κ1) is 9.83. The van der Waals surface area contributed by atoms with Gasteiger partial charge in [0.05, 0.1) is 4.83 Å². The number of rotatable bonds is 1. The molecule has 0 bridgehead atoms. The van der Waals surface area contributed by atoms with Crippen LogP contribution in [0.2, 0.25) is 0 Å². The summed E-state index contributed by atoms with van der Waals surface area (Å²) in [6.45, 7) is -0.942. The molecule has 0 radical (unpaired) electrons. The third-order valence-electron chi connectivity index (χ3n) is 1.60. The minimum absolute atomic E-state index is 0.189. The zero-order valence-corrected chi connectivity index (χ0v) is 7.65. The molecule has 1 heterocycles. The van der Waals surface area contributed by atoms with E-state index >= 15 is 0 Å². The van der Waals surface area contributed by atoms with Gasteiger partial charge in [0.25, 0.3) is 0 Å². The third-order valence-corrected chi connectivity index (χ3v) is 2.45. The summed E-state index contributed by atoms with van der Waals surface area (Å²) >= 11 is 2.99. The molecule has 70 valence electrons. The van der Waals surface area contributed by atoms with Crippen LogP contribution < -0.4 is 0 Å². The molecule has 6 heteroatoms. The van der Waals surface area contributed by atoms with Crippen LogP contribution in [0.25, 0.3) is 0 Å². The number of hydrogen-bond acceptors (Lipinski definition) is 1. The van der Waals surface area contributed by atoms with Crippen LogP contribution in [-0.2, 0) is 4.79 Å². The molecule has 2 nitrogen and oxygen atoms in total. The minimum atomic E-state index is -4.28. The average molecular weight is 246 g/mol. The Labute approximate surface area is 75.8 Å². The van der Waals surface area contributed by atoms with Gasteiger partial charge in [-0.2, -0.15) is 13.2 Å². The minimum Gasteiger partial charge on any atom is -0.333 e. The van der Waals surface area contributed by atoms with Gasteiger partial charge in [-0.15, -0.1) is 0 Å². The van der Waals surface area contributed by atoms with Crippen molar-refractivity contribution in [2.45, 2.75) is 17.4 Å². The molecule has 0 aromatic heterocycles. The summed E-state index contributed by atoms with van der Waals surface area (Å²) in [7, 11) is 0. The van der Waals surface area contributed by atoms with E-state index in [0.717, 1.165) is 4.90 Å². The summed E-state index contributed by atoms with van der Waals surface area (Å²) in [5, 5.41) is 0. The Kier molecular flexibility index (Phi) is 2.65. The fraction of sp³-hybridized carbons (Fsp3) is 0.833. The van der Waals surface area contributed by atoms with Crippen molar-refractivity contribution in [1.82, 2.24) is 4.90 Å². The van der Waals surface area contributed by atoms with Crippen molar-refractivity contribution in [3.05, 3.63) is 0 Å². The van der Waals surface area contributed by atoms with Crippen LogP contribution in [0, 0.1) is 0 Å². The fourth-order valence-corrected chi connectivity index (χ4v) is 1.57. The predicted molar refractivity (Wildman–Crippen MR) is 40.0 cm³/mol. The molecule has 1 rings (SSSR count). The quantitative estimate of drug-likeness (QED) is 0.642. The van der Waals surface area contributed by atoms with Crippen molar-refractivity contribution in [3.8, 4) is 0 Å². The number of carbonyl (C=O) groups excluding carboxylic acids is 1. The molecule has 0 N–H and O–H groups in total. The lowest BCUT2D eigenvalue weighted by molar-refractivity contribution is -0.157. The van der Waals surface area contributed by atoms with E-state index in [1.54, 1.807) is 0 Å². The highest BCUT2D eigenvalue weighted by Gasteiger charge is 2.38. The zero-order chi connectivity index (χ0) is 9.35. The van der Waals surface area contributed by atoms with Gasteiger partial charge < -0.3 is 4.90 Å². The molecule has 1 amide bonds. The van der Waals surface area contributed by atoms with E-state index in [1.807, 2.05) is 0 Å². The monoisotopic (exact) mass is 245 g/mol. The predicted octanol–water partition coefficient (Wildman–Crippen LogP) is 1.54. The van der Waals surface area contributed by atoms with Gasteiger partial charge >= 0.3 is 6.18 Å². The second kappa shape index (κ2) is 3.24. The molecular formula is C6H7BrF3NO. The van der Waals surface area contributed by atoms with Crippen LogP contribution in [0.15, 0.2) is 0 Å². The molecule has 12 heavy (non-hydrogen) atoms. The highest BCUT2D eigenvalue weighted by atomic mass is 79.9. The van der Waals surface area contributed by atoms with Gasteiger partial charge in [0.2, 0.25) is 5.91 Å². The lowest BCUT2D eigenvalue weighted by Gasteiger charge is -2.17. The van der Waals surface area contributed by atoms with Crippen molar-refractivity contribution in [1.29, 1.82) is 0 Å². The maximum absolute atomic E-state index is 11.8. The van der Waals surface area contributed by atoms with Gasteiger partial charge in [-0.25, -0.2) is 0 Å². The molecule has 0 aromatic carbocycles. The summed E-state index contributed by atoms with van der Waals surface area (Å²) in [6.07, 6.45) is -3.83. The maximum Gasteiger partial charge on any atom is 0.406 e. The van der Waals surface area contributed by atoms with Crippen molar-refractivity contribution in [2.75, 3.05) is 13.1 Å². The van der Waals surface area contributed by atoms with Crippen molar-refractivity contribution >= 4 is 21.8 Å². The Morgan fingerprint density at radius 1 is 1.58 bits per heavy atom. The van der Waals surface area contributed by atoms with Gasteiger partial charge in [0, 0.05) is 6.54 Å². The van der Waals surface area contributed by atoms with Crippen LogP contribution in [-0.4, -0.2) is 34.9 Å². The van der Waals surface area contributed by atoms with Gasteiger partial charge in [0.1, 0.15) is 6.54 Å². The molecular weight excluding hydrogens is 239 g/mol. The summed E-state index contributed by atoms with van der Waals surface area (Å²) < 4.78 is 35.4. The smallest absolute Gasteiger partial charge is 0.333 e. The number of carbonyl (C=O) groups is 1. The van der Waals surface area contributed by atoms with Crippen LogP contribution in [0.5, 0.6) is 0 Å². The largest absolute Gasteiger partial charge is 0.406 e. The van der Waals surface area contributed by atoms with Crippen LogP contribution >= 0.6 is 15.9 Å². The highest BCUT2D eigenvalue weighted by molar-refractivity contribution is 9.10. The number of halogens is 4. The molecule has 1 aliphatic rings. The van der Waals surface area contributed by atoms with Gasteiger partial charge in [-0.1, -0.05) is 15.9 Å². The molecule has 0 aliphatic carbocycles. The Morgan fingerprint density at radius 2 is 2.17 bits per heavy atom. The topological polar surface area (TPSA) is 20.3 Å². The highest BCUT2D eigenvalue weighted by Crippen LogP contribution is 2.23. The zero-order valence-electron chi connectivity index (χ0n) is 6.07.